The summed E-state index contributed by atoms with van der Waals surface area (Å²) in [4.78, 5) is 34.0. The number of amides is 2. The van der Waals surface area contributed by atoms with Gasteiger partial charge in [-0.1, -0.05) is 19.3 Å². The summed E-state index contributed by atoms with van der Waals surface area (Å²) >= 11 is 0. The molecule has 166 valence electrons. The lowest BCUT2D eigenvalue weighted by molar-refractivity contribution is -0.134. The topological polar surface area (TPSA) is 80.6 Å². The molecule has 0 spiro atoms. The lowest BCUT2D eigenvalue weighted by Crippen LogP contribution is -2.46. The fourth-order valence-electron chi connectivity index (χ4n) is 4.47. The van der Waals surface area contributed by atoms with E-state index in [9.17, 15) is 9.59 Å². The van der Waals surface area contributed by atoms with Crippen molar-refractivity contribution in [2.45, 2.75) is 64.3 Å². The van der Waals surface area contributed by atoms with Gasteiger partial charge in [0.05, 0.1) is 24.5 Å². The molecule has 0 radical (unpaired) electrons. The highest BCUT2D eigenvalue weighted by Gasteiger charge is 2.35. The molecule has 3 heterocycles. The largest absolute Gasteiger partial charge is 0.370 e. The minimum absolute atomic E-state index is 0.0122. The molecule has 1 unspecified atom stereocenters. The molecule has 1 atom stereocenters. The van der Waals surface area contributed by atoms with Crippen LogP contribution in [-0.2, 0) is 22.7 Å². The summed E-state index contributed by atoms with van der Waals surface area (Å²) in [5.74, 6) is -0.158. The number of hydrogen-bond donors (Lipinski definition) is 0. The zero-order valence-electron chi connectivity index (χ0n) is 18.2. The van der Waals surface area contributed by atoms with Crippen LogP contribution in [0.25, 0.3) is 0 Å². The lowest BCUT2D eigenvalue weighted by Gasteiger charge is -2.34. The van der Waals surface area contributed by atoms with Crippen molar-refractivity contribution >= 4 is 11.8 Å². The maximum atomic E-state index is 13.2. The number of carbonyl (C=O) groups excluding carboxylic acids is 2. The Labute approximate surface area is 183 Å². The molecular weight excluding hydrogens is 394 g/mol. The van der Waals surface area contributed by atoms with Gasteiger partial charge in [-0.25, -0.2) is 0 Å². The minimum atomic E-state index is -0.244. The first-order chi connectivity index (χ1) is 15.1. The second kappa shape index (κ2) is 10.0. The monoisotopic (exact) mass is 425 g/mol. The molecule has 0 bridgehead atoms. The van der Waals surface area contributed by atoms with Crippen LogP contribution in [0.15, 0.2) is 36.9 Å². The van der Waals surface area contributed by atoms with E-state index in [0.29, 0.717) is 31.8 Å². The van der Waals surface area contributed by atoms with E-state index >= 15 is 0 Å². The van der Waals surface area contributed by atoms with E-state index in [1.165, 1.54) is 6.42 Å². The van der Waals surface area contributed by atoms with Gasteiger partial charge in [-0.2, -0.15) is 5.10 Å². The molecule has 2 aromatic heterocycles. The van der Waals surface area contributed by atoms with Gasteiger partial charge >= 0.3 is 0 Å². The van der Waals surface area contributed by atoms with Crippen molar-refractivity contribution in [2.24, 2.45) is 0 Å². The highest BCUT2D eigenvalue weighted by atomic mass is 16.5. The Kier molecular flexibility index (Phi) is 6.96. The number of ether oxygens (including phenoxy) is 1. The van der Waals surface area contributed by atoms with Crippen molar-refractivity contribution in [2.75, 3.05) is 19.6 Å². The second-order valence-electron chi connectivity index (χ2n) is 8.40. The zero-order chi connectivity index (χ0) is 21.6. The first-order valence-corrected chi connectivity index (χ1v) is 11.3. The Morgan fingerprint density at radius 3 is 2.65 bits per heavy atom. The third-order valence-corrected chi connectivity index (χ3v) is 6.21. The molecule has 0 N–H and O–H groups in total. The Balaban J connectivity index is 1.52. The number of nitrogens with zero attached hydrogens (tertiary/aromatic N) is 5. The molecule has 1 aliphatic carbocycles. The van der Waals surface area contributed by atoms with Gasteiger partial charge in [-0.3, -0.25) is 19.3 Å². The molecule has 2 amide bonds. The quantitative estimate of drug-likeness (QED) is 0.710. The molecule has 8 heteroatoms. The van der Waals surface area contributed by atoms with Crippen LogP contribution < -0.4 is 0 Å². The summed E-state index contributed by atoms with van der Waals surface area (Å²) in [5.41, 5.74) is 1.53. The van der Waals surface area contributed by atoms with Crippen LogP contribution >= 0.6 is 0 Å². The van der Waals surface area contributed by atoms with Crippen LogP contribution in [0.5, 0.6) is 0 Å². The number of rotatable bonds is 6. The zero-order valence-corrected chi connectivity index (χ0v) is 18.2. The van der Waals surface area contributed by atoms with Crippen LogP contribution in [0.1, 0.15) is 54.9 Å². The van der Waals surface area contributed by atoms with Gasteiger partial charge in [0.1, 0.15) is 6.54 Å². The van der Waals surface area contributed by atoms with Gasteiger partial charge in [0.15, 0.2) is 0 Å². The fourth-order valence-corrected chi connectivity index (χ4v) is 4.47. The standard InChI is InChI=1S/C23H31N5O3/c1-2-27-13-19(12-25-27)23(30)26-14-21(31-17-18-8-10-24-11-9-18)15-28(22(29)16-26)20-6-4-3-5-7-20/h8-13,20-21H,2-7,14-17H2,1H3. The van der Waals surface area contributed by atoms with Crippen LogP contribution in [0.2, 0.25) is 0 Å². The maximum Gasteiger partial charge on any atom is 0.257 e. The SMILES string of the molecule is CCn1cc(C(=O)N2CC(=O)N(C3CCCCC3)CC(OCc3ccncc3)C2)cn1. The Morgan fingerprint density at radius 2 is 1.94 bits per heavy atom. The Hall–Kier alpha value is -2.74. The van der Waals surface area contributed by atoms with Crippen LogP contribution in [0.4, 0.5) is 0 Å². The molecule has 2 fully saturated rings. The third-order valence-electron chi connectivity index (χ3n) is 6.21. The number of pyridine rings is 1. The number of hydrogen-bond acceptors (Lipinski definition) is 5. The molecular formula is C23H31N5O3. The normalized spacial score (nSPS) is 20.7. The number of aryl methyl sites for hydroxylation is 1. The molecule has 2 aliphatic rings. The number of aromatic nitrogens is 3. The predicted octanol–water partition coefficient (Wildman–Crippen LogP) is 2.50. The Bertz CT molecular complexity index is 878. The summed E-state index contributed by atoms with van der Waals surface area (Å²) in [7, 11) is 0. The van der Waals surface area contributed by atoms with Crippen LogP contribution in [0, 0.1) is 0 Å². The predicted molar refractivity (Wildman–Crippen MR) is 115 cm³/mol. The highest BCUT2D eigenvalue weighted by Crippen LogP contribution is 2.25. The minimum Gasteiger partial charge on any atom is -0.370 e. The average Bonchev–Trinajstić information content (AvgIpc) is 3.23. The van der Waals surface area contributed by atoms with Gasteiger partial charge in [0.25, 0.3) is 5.91 Å². The van der Waals surface area contributed by atoms with Gasteiger partial charge in [-0.05, 0) is 37.5 Å². The molecule has 0 aromatic carbocycles. The van der Waals surface area contributed by atoms with Gasteiger partial charge in [0.2, 0.25) is 5.91 Å². The van der Waals surface area contributed by atoms with Gasteiger partial charge < -0.3 is 14.5 Å². The van der Waals surface area contributed by atoms with E-state index in [2.05, 4.69) is 10.1 Å². The smallest absolute Gasteiger partial charge is 0.257 e. The van der Waals surface area contributed by atoms with Crippen molar-refractivity contribution in [1.82, 2.24) is 24.6 Å². The highest BCUT2D eigenvalue weighted by molar-refractivity contribution is 5.96. The van der Waals surface area contributed by atoms with Crippen LogP contribution in [0.3, 0.4) is 0 Å². The maximum absolute atomic E-state index is 13.2. The van der Waals surface area contributed by atoms with E-state index in [0.717, 1.165) is 31.2 Å². The van der Waals surface area contributed by atoms with Gasteiger partial charge in [0, 0.05) is 44.3 Å². The first kappa shape index (κ1) is 21.5. The summed E-state index contributed by atoms with van der Waals surface area (Å²) in [6, 6.07) is 4.08. The summed E-state index contributed by atoms with van der Waals surface area (Å²) in [6.07, 6.45) is 12.1. The van der Waals surface area contributed by atoms with E-state index in [1.54, 1.807) is 34.4 Å². The molecule has 31 heavy (non-hydrogen) atoms. The second-order valence-corrected chi connectivity index (χ2v) is 8.40. The molecule has 4 rings (SSSR count). The first-order valence-electron chi connectivity index (χ1n) is 11.3. The molecule has 1 saturated carbocycles. The van der Waals surface area contributed by atoms with Crippen molar-refractivity contribution in [1.29, 1.82) is 0 Å². The van der Waals surface area contributed by atoms with E-state index < -0.39 is 0 Å². The average molecular weight is 426 g/mol. The van der Waals surface area contributed by atoms with Crippen molar-refractivity contribution < 1.29 is 14.3 Å². The van der Waals surface area contributed by atoms with E-state index in [4.69, 9.17) is 4.74 Å². The van der Waals surface area contributed by atoms with Crippen molar-refractivity contribution in [3.8, 4) is 0 Å². The van der Waals surface area contributed by atoms with Crippen LogP contribution in [-0.4, -0.2) is 68.2 Å². The summed E-state index contributed by atoms with van der Waals surface area (Å²) in [6.45, 7) is 4.08. The summed E-state index contributed by atoms with van der Waals surface area (Å²) < 4.78 is 7.95. The van der Waals surface area contributed by atoms with E-state index in [1.807, 2.05) is 24.0 Å². The van der Waals surface area contributed by atoms with Crippen molar-refractivity contribution in [3.05, 3.63) is 48.0 Å². The van der Waals surface area contributed by atoms with E-state index in [-0.39, 0.29) is 30.5 Å². The van der Waals surface area contributed by atoms with Gasteiger partial charge in [-0.15, -0.1) is 0 Å². The molecule has 8 nitrogen and oxygen atoms in total. The molecule has 2 aromatic rings. The van der Waals surface area contributed by atoms with Crippen molar-refractivity contribution in [3.63, 3.8) is 0 Å². The summed E-state index contributed by atoms with van der Waals surface area (Å²) in [5, 5.41) is 4.21. The lowest BCUT2D eigenvalue weighted by atomic mass is 9.94. The third kappa shape index (κ3) is 5.31. The number of carbonyl (C=O) groups is 2. The fraction of sp³-hybridized carbons (Fsp3) is 0.565. The molecule has 1 aliphatic heterocycles. The molecule has 1 saturated heterocycles. The Morgan fingerprint density at radius 1 is 1.16 bits per heavy atom.